The van der Waals surface area contributed by atoms with Gasteiger partial charge in [-0.25, -0.2) is 0 Å². The van der Waals surface area contributed by atoms with Crippen molar-refractivity contribution in [2.45, 2.75) is 39.2 Å². The Balaban J connectivity index is 0.00000363. The van der Waals surface area contributed by atoms with Crippen molar-refractivity contribution in [2.24, 2.45) is 10.9 Å². The fraction of sp³-hybridized carbons (Fsp3) is 0.500. The summed E-state index contributed by atoms with van der Waals surface area (Å²) in [6, 6.07) is 12.4. The zero-order chi connectivity index (χ0) is 21.9. The molecule has 1 aromatic heterocycles. The lowest BCUT2D eigenvalue weighted by Crippen LogP contribution is -2.39. The highest BCUT2D eigenvalue weighted by Crippen LogP contribution is 2.33. The fourth-order valence-electron chi connectivity index (χ4n) is 3.70. The third-order valence-electron chi connectivity index (χ3n) is 5.36. The first kappa shape index (κ1) is 26.6. The minimum absolute atomic E-state index is 0. The van der Waals surface area contributed by atoms with E-state index in [1.165, 1.54) is 22.5 Å². The number of benzene rings is 1. The zero-order valence-electron chi connectivity index (χ0n) is 18.9. The number of aryl methyl sites for hydroxylation is 1. The van der Waals surface area contributed by atoms with Crippen LogP contribution in [0.15, 0.2) is 46.8 Å². The van der Waals surface area contributed by atoms with Gasteiger partial charge in [0.05, 0.1) is 11.0 Å². The summed E-state index contributed by atoms with van der Waals surface area (Å²) in [5, 5.41) is 11.6. The monoisotopic (exact) mass is 570 g/mol. The largest absolute Gasteiger partial charge is 0.373 e. The molecule has 8 heteroatoms. The Morgan fingerprint density at radius 2 is 1.94 bits per heavy atom. The van der Waals surface area contributed by atoms with Crippen molar-refractivity contribution < 1.29 is 9.53 Å². The molecule has 0 bridgehead atoms. The molecule has 2 heterocycles. The molecule has 1 aliphatic rings. The van der Waals surface area contributed by atoms with Crippen molar-refractivity contribution in [2.75, 3.05) is 32.8 Å². The number of amides is 1. The molecule has 2 unspecified atom stereocenters. The summed E-state index contributed by atoms with van der Waals surface area (Å²) in [6.07, 6.45) is 3.14. The van der Waals surface area contributed by atoms with E-state index in [0.29, 0.717) is 12.5 Å². The molecule has 32 heavy (non-hydrogen) atoms. The molecule has 176 valence electrons. The molecule has 1 saturated heterocycles. The van der Waals surface area contributed by atoms with Crippen LogP contribution in [0.2, 0.25) is 0 Å². The third kappa shape index (κ3) is 8.37. The maximum atomic E-state index is 12.0. The average Bonchev–Trinajstić information content (AvgIpc) is 3.33. The number of guanidine groups is 1. The zero-order valence-corrected chi connectivity index (χ0v) is 22.1. The lowest BCUT2D eigenvalue weighted by Gasteiger charge is -2.31. The normalized spacial score (nSPS) is 18.5. The Labute approximate surface area is 212 Å². The minimum atomic E-state index is -0.00461. The molecule has 2 aromatic rings. The molecule has 3 N–H and O–H groups in total. The van der Waals surface area contributed by atoms with Gasteiger partial charge in [-0.15, -0.1) is 35.3 Å². The summed E-state index contributed by atoms with van der Waals surface area (Å²) < 4.78 is 6.13. The van der Waals surface area contributed by atoms with Gasteiger partial charge in [-0.3, -0.25) is 9.79 Å². The van der Waals surface area contributed by atoms with E-state index in [2.05, 4.69) is 54.1 Å². The average molecular weight is 571 g/mol. The van der Waals surface area contributed by atoms with Gasteiger partial charge >= 0.3 is 0 Å². The number of nitrogens with zero attached hydrogens (tertiary/aromatic N) is 1. The first-order valence-corrected chi connectivity index (χ1v) is 12.1. The summed E-state index contributed by atoms with van der Waals surface area (Å²) >= 11 is 1.46. The van der Waals surface area contributed by atoms with Crippen LogP contribution in [0.3, 0.4) is 0 Å². The van der Waals surface area contributed by atoms with Crippen LogP contribution in [0.4, 0.5) is 0 Å². The van der Waals surface area contributed by atoms with E-state index in [1.807, 2.05) is 17.5 Å². The van der Waals surface area contributed by atoms with Gasteiger partial charge < -0.3 is 20.7 Å². The Hall–Kier alpha value is -1.65. The second-order valence-corrected chi connectivity index (χ2v) is 8.79. The number of halogens is 1. The van der Waals surface area contributed by atoms with Gasteiger partial charge in [0.2, 0.25) is 0 Å². The van der Waals surface area contributed by atoms with Crippen molar-refractivity contribution in [1.82, 2.24) is 16.0 Å². The van der Waals surface area contributed by atoms with E-state index in [4.69, 9.17) is 9.73 Å². The van der Waals surface area contributed by atoms with E-state index < -0.39 is 0 Å². The van der Waals surface area contributed by atoms with E-state index >= 15 is 0 Å². The summed E-state index contributed by atoms with van der Waals surface area (Å²) in [5.74, 6) is 1.19. The van der Waals surface area contributed by atoms with Crippen molar-refractivity contribution in [3.63, 3.8) is 0 Å². The molecule has 0 saturated carbocycles. The first-order valence-electron chi connectivity index (χ1n) is 11.2. The highest BCUT2D eigenvalue weighted by atomic mass is 127. The van der Waals surface area contributed by atoms with E-state index in [0.717, 1.165) is 56.3 Å². The number of thiophene rings is 1. The summed E-state index contributed by atoms with van der Waals surface area (Å²) in [4.78, 5) is 17.6. The van der Waals surface area contributed by atoms with E-state index in [9.17, 15) is 4.79 Å². The van der Waals surface area contributed by atoms with Crippen LogP contribution < -0.4 is 16.0 Å². The number of carbonyl (C=O) groups is 1. The number of carbonyl (C=O) groups excluding carboxylic acids is 1. The van der Waals surface area contributed by atoms with Crippen molar-refractivity contribution in [3.05, 3.63) is 57.8 Å². The van der Waals surface area contributed by atoms with Gasteiger partial charge in [-0.2, -0.15) is 0 Å². The second-order valence-electron chi connectivity index (χ2n) is 7.84. The standard InChI is InChI=1S/C24H34N4O2S.HI/c1-3-25-24(27-14-6-13-26-23(29)21-8-5-16-31-21)28-17-20-7-4-15-30-22(20)19-11-9-18(2)10-12-19;/h5,8-12,16,20,22H,3-4,6-7,13-15,17H2,1-2H3,(H,26,29)(H2,25,27,28);1H. The maximum absolute atomic E-state index is 12.0. The van der Waals surface area contributed by atoms with Gasteiger partial charge in [0.25, 0.3) is 5.91 Å². The molecule has 0 radical (unpaired) electrons. The van der Waals surface area contributed by atoms with Crippen LogP contribution in [0.25, 0.3) is 0 Å². The van der Waals surface area contributed by atoms with Crippen molar-refractivity contribution in [3.8, 4) is 0 Å². The van der Waals surface area contributed by atoms with E-state index in [1.54, 1.807) is 0 Å². The molecule has 1 aromatic carbocycles. The number of rotatable bonds is 9. The summed E-state index contributed by atoms with van der Waals surface area (Å²) in [6.45, 7) is 7.90. The predicted octanol–water partition coefficient (Wildman–Crippen LogP) is 4.52. The van der Waals surface area contributed by atoms with Crippen LogP contribution >= 0.6 is 35.3 Å². The molecule has 0 aliphatic carbocycles. The number of hydrogen-bond donors (Lipinski definition) is 3. The molecule has 2 atom stereocenters. The molecule has 6 nitrogen and oxygen atoms in total. The highest BCUT2D eigenvalue weighted by molar-refractivity contribution is 14.0. The molecule has 3 rings (SSSR count). The molecule has 1 amide bonds. The van der Waals surface area contributed by atoms with Crippen LogP contribution in [0, 0.1) is 12.8 Å². The van der Waals surface area contributed by atoms with Crippen LogP contribution in [0.1, 0.15) is 53.1 Å². The minimum Gasteiger partial charge on any atom is -0.373 e. The summed E-state index contributed by atoms with van der Waals surface area (Å²) in [7, 11) is 0. The Morgan fingerprint density at radius 3 is 2.66 bits per heavy atom. The molecule has 1 fully saturated rings. The molecular formula is C24H35IN4O2S. The van der Waals surface area contributed by atoms with Crippen LogP contribution in [-0.2, 0) is 4.74 Å². The number of aliphatic imine (C=N–C) groups is 1. The van der Waals surface area contributed by atoms with Crippen molar-refractivity contribution in [1.29, 1.82) is 0 Å². The van der Waals surface area contributed by atoms with Gasteiger partial charge in [0, 0.05) is 38.7 Å². The van der Waals surface area contributed by atoms with Crippen LogP contribution in [-0.4, -0.2) is 44.7 Å². The topological polar surface area (TPSA) is 74.8 Å². The predicted molar refractivity (Wildman–Crippen MR) is 143 cm³/mol. The van der Waals surface area contributed by atoms with Gasteiger partial charge in [0.15, 0.2) is 5.96 Å². The lowest BCUT2D eigenvalue weighted by molar-refractivity contribution is -0.0250. The Kier molecular flexibility index (Phi) is 12.0. The SMILES string of the molecule is CCNC(=NCC1CCCOC1c1ccc(C)cc1)NCCCNC(=O)c1cccs1.I. The fourth-order valence-corrected chi connectivity index (χ4v) is 4.34. The van der Waals surface area contributed by atoms with E-state index in [-0.39, 0.29) is 36.0 Å². The quantitative estimate of drug-likeness (QED) is 0.180. The molecule has 0 spiro atoms. The molecule has 1 aliphatic heterocycles. The van der Waals surface area contributed by atoms with Gasteiger partial charge in [-0.1, -0.05) is 35.9 Å². The van der Waals surface area contributed by atoms with Crippen LogP contribution in [0.5, 0.6) is 0 Å². The highest BCUT2D eigenvalue weighted by Gasteiger charge is 2.27. The van der Waals surface area contributed by atoms with Gasteiger partial charge in [-0.05, 0) is 50.1 Å². The number of hydrogen-bond acceptors (Lipinski definition) is 4. The summed E-state index contributed by atoms with van der Waals surface area (Å²) in [5.41, 5.74) is 2.50. The second kappa shape index (κ2) is 14.5. The Bertz CT molecular complexity index is 827. The Morgan fingerprint density at radius 1 is 1.16 bits per heavy atom. The lowest BCUT2D eigenvalue weighted by atomic mass is 9.89. The number of nitrogens with one attached hydrogen (secondary N) is 3. The van der Waals surface area contributed by atoms with Crippen molar-refractivity contribution >= 4 is 47.2 Å². The van der Waals surface area contributed by atoms with Gasteiger partial charge in [0.1, 0.15) is 0 Å². The first-order chi connectivity index (χ1) is 15.2. The smallest absolute Gasteiger partial charge is 0.261 e. The maximum Gasteiger partial charge on any atom is 0.261 e. The number of ether oxygens (including phenoxy) is 1. The third-order valence-corrected chi connectivity index (χ3v) is 6.22. The molecular weight excluding hydrogens is 535 g/mol.